The summed E-state index contributed by atoms with van der Waals surface area (Å²) in [7, 11) is 0. The van der Waals surface area contributed by atoms with Gasteiger partial charge >= 0.3 is 6.09 Å². The normalized spacial score (nSPS) is 14.9. The van der Waals surface area contributed by atoms with Crippen LogP contribution in [0.4, 0.5) is 4.79 Å². The highest BCUT2D eigenvalue weighted by Crippen LogP contribution is 2.52. The second-order valence-corrected chi connectivity index (χ2v) is 25.9. The minimum Gasteiger partial charge on any atom is -0.449 e. The van der Waals surface area contributed by atoms with E-state index in [4.69, 9.17) is 47.4 Å². The van der Waals surface area contributed by atoms with E-state index in [0.717, 1.165) is 25.0 Å². The van der Waals surface area contributed by atoms with Crippen LogP contribution in [0.15, 0.2) is 74.5 Å². The van der Waals surface area contributed by atoms with Gasteiger partial charge in [0.1, 0.15) is 17.9 Å². The van der Waals surface area contributed by atoms with Crippen LogP contribution in [0.25, 0.3) is 0 Å². The molecule has 7 amide bonds. The minimum atomic E-state index is -0.513. The molecule has 0 radical (unpaired) electrons. The van der Waals surface area contributed by atoms with Crippen molar-refractivity contribution < 1.29 is 80.9 Å². The molecule has 0 aliphatic heterocycles. The highest BCUT2D eigenvalue weighted by molar-refractivity contribution is 9.13. The van der Waals surface area contributed by atoms with Crippen molar-refractivity contribution >= 4 is 105 Å². The zero-order valence-electron chi connectivity index (χ0n) is 57.3. The average Bonchev–Trinajstić information content (AvgIpc) is 1.76. The first-order valence-electron chi connectivity index (χ1n) is 33.9. The molecule has 0 aromatic carbocycles. The molecule has 1 saturated carbocycles. The number of carbonyl (C=O) groups is 7. The summed E-state index contributed by atoms with van der Waals surface area (Å²) in [6.45, 7) is 13.3. The van der Waals surface area contributed by atoms with Crippen LogP contribution in [0.2, 0.25) is 0 Å². The number of alkyl carbamates (subject to hydrolysis) is 1. The number of nitrogens with zero attached hydrogens (tertiary/aromatic N) is 5. The number of hydrogen-bond acceptors (Lipinski definition) is 21. The molecular formula is C65H99Br4N11O21. The molecule has 4 rings (SSSR count). The van der Waals surface area contributed by atoms with Gasteiger partial charge in [-0.25, -0.2) is 23.5 Å². The summed E-state index contributed by atoms with van der Waals surface area (Å²) < 4.78 is 61.0. The van der Waals surface area contributed by atoms with Crippen molar-refractivity contribution in [2.24, 2.45) is 17.8 Å². The van der Waals surface area contributed by atoms with E-state index in [2.05, 4.69) is 121 Å². The van der Waals surface area contributed by atoms with Crippen molar-refractivity contribution in [3.63, 3.8) is 0 Å². The van der Waals surface area contributed by atoms with Crippen LogP contribution in [0.1, 0.15) is 64.2 Å². The Balaban J connectivity index is 1.06. The fourth-order valence-corrected chi connectivity index (χ4v) is 11.7. The van der Waals surface area contributed by atoms with Crippen LogP contribution in [-0.2, 0) is 102 Å². The molecule has 0 saturated heterocycles. The van der Waals surface area contributed by atoms with Gasteiger partial charge in [-0.1, -0.05) is 25.3 Å². The van der Waals surface area contributed by atoms with E-state index in [1.807, 2.05) is 0 Å². The number of rotatable bonds is 57. The lowest BCUT2D eigenvalue weighted by Gasteiger charge is -2.23. The van der Waals surface area contributed by atoms with E-state index >= 15 is 0 Å². The smallest absolute Gasteiger partial charge is 0.407 e. The molecule has 36 heteroatoms. The van der Waals surface area contributed by atoms with Crippen molar-refractivity contribution in [1.82, 2.24) is 55.5 Å². The molecule has 0 bridgehead atoms. The summed E-state index contributed by atoms with van der Waals surface area (Å²) >= 11 is 12.6. The largest absolute Gasteiger partial charge is 0.449 e. The molecule has 2 aromatic rings. The maximum absolute atomic E-state index is 13.4. The molecule has 568 valence electrons. The fourth-order valence-electron chi connectivity index (χ4n) is 10.2. The van der Waals surface area contributed by atoms with Crippen molar-refractivity contribution in [1.29, 1.82) is 0 Å². The third kappa shape index (κ3) is 36.0. The molecule has 32 nitrogen and oxygen atoms in total. The molecule has 1 unspecified atom stereocenters. The molecule has 2 heterocycles. The van der Waals surface area contributed by atoms with E-state index in [1.165, 1.54) is 31.6 Å². The maximum Gasteiger partial charge on any atom is 0.407 e. The molecule has 101 heavy (non-hydrogen) atoms. The van der Waals surface area contributed by atoms with Gasteiger partial charge in [0.15, 0.2) is 0 Å². The Morgan fingerprint density at radius 1 is 0.416 bits per heavy atom. The number of halogens is 4. The number of hydrogen-bond donors (Lipinski definition) is 6. The lowest BCUT2D eigenvalue weighted by molar-refractivity contribution is -0.134. The number of aromatic nitrogens is 4. The predicted octanol–water partition coefficient (Wildman–Crippen LogP) is 2.07. The van der Waals surface area contributed by atoms with Crippen molar-refractivity contribution in [2.45, 2.75) is 90.4 Å². The Labute approximate surface area is 620 Å². The van der Waals surface area contributed by atoms with Gasteiger partial charge in [-0.15, -0.1) is 0 Å². The summed E-state index contributed by atoms with van der Waals surface area (Å²) in [4.78, 5) is 140. The monoisotopic (exact) mass is 1690 g/mol. The van der Waals surface area contributed by atoms with Crippen LogP contribution in [0, 0.1) is 17.8 Å². The summed E-state index contributed by atoms with van der Waals surface area (Å²) in [5.41, 5.74) is -1.99. The highest BCUT2D eigenvalue weighted by atomic mass is 79.9. The van der Waals surface area contributed by atoms with E-state index in [9.17, 15) is 52.7 Å². The van der Waals surface area contributed by atoms with Crippen LogP contribution < -0.4 is 54.1 Å². The zero-order chi connectivity index (χ0) is 73.4. The van der Waals surface area contributed by atoms with Gasteiger partial charge in [0.05, 0.1) is 145 Å². The molecule has 0 spiro atoms. The quantitative estimate of drug-likeness (QED) is 0.0314. The Hall–Kier alpha value is -5.77. The second kappa shape index (κ2) is 53.1. The lowest BCUT2D eigenvalue weighted by atomic mass is 10.1. The summed E-state index contributed by atoms with van der Waals surface area (Å²) in [6.07, 6.45) is 11.5. The number of carbonyl (C=O) groups excluding carboxylic acids is 7. The Morgan fingerprint density at radius 2 is 0.743 bits per heavy atom. The number of amides is 7. The minimum absolute atomic E-state index is 0.0237. The number of nitrogens with one attached hydrogen (secondary N) is 6. The van der Waals surface area contributed by atoms with Crippen LogP contribution >= 0.6 is 63.7 Å². The van der Waals surface area contributed by atoms with Gasteiger partial charge in [0.25, 0.3) is 22.2 Å². The van der Waals surface area contributed by atoms with E-state index < -0.39 is 28.3 Å². The van der Waals surface area contributed by atoms with E-state index in [0.29, 0.717) is 76.7 Å². The van der Waals surface area contributed by atoms with Crippen molar-refractivity contribution in [2.75, 3.05) is 178 Å². The van der Waals surface area contributed by atoms with Crippen LogP contribution in [0.5, 0.6) is 0 Å². The molecule has 1 fully saturated rings. The van der Waals surface area contributed by atoms with Gasteiger partial charge in [-0.3, -0.25) is 47.9 Å². The molecule has 2 aliphatic carbocycles. The van der Waals surface area contributed by atoms with E-state index in [1.54, 1.807) is 4.90 Å². The standard InChI is InChI=1S/C65H99Br4N11O21/c1-3-51(81)70-17-9-23-77-61(87)57(66)59(68)63(89)79(77)25-13-53(83)72-19-31-95-41-43-98-35-27-76(28-36-99-44-42-96-32-20-73-54(84)14-26-80-64(90)60(69)58(67)62(88)78(80)24-10-18-71-52(82)4-2)56(86)16-30-93-38-46-100-45-37-92-29-15-55(85)74-21-33-94-39-40-97-34-22-75-65(91)101-47-50-48-11-7-5-6-8-12-49(48)50/h3-6,48-50H,1-2,7-47H2,(H,70,81)(H,71,82)(H,72,83)(H,73,84)(H,74,85)(H,75,91)/b6-5-/t48-,49+,50?. The first kappa shape index (κ1) is 87.6. The van der Waals surface area contributed by atoms with Crippen molar-refractivity contribution in [3.05, 3.63) is 96.8 Å². The SMILES string of the molecule is C=CC(=O)NCCCn1c(=O)c(Br)c(Br)c(=O)n1CCC(=O)NCCOCCOCCN(CCOCCOCCNC(=O)CCn1c(=O)c(Br)c(Br)c(=O)n1CCCNC(=O)C=C)C(=O)CCOCCOCCOCCC(=O)NCCOCCOCCNC(=O)OCC1[C@H]2CC/C=C\CC[C@@H]12. The first-order valence-corrected chi connectivity index (χ1v) is 37.1. The van der Waals surface area contributed by atoms with Crippen LogP contribution in [0.3, 0.4) is 0 Å². The van der Waals surface area contributed by atoms with Gasteiger partial charge in [-0.05, 0) is 132 Å². The average molecular weight is 1690 g/mol. The fraction of sp³-hybridized carbons (Fsp3) is 0.677. The topological polar surface area (TPSA) is 375 Å². The lowest BCUT2D eigenvalue weighted by Crippen LogP contribution is -2.41. The highest BCUT2D eigenvalue weighted by Gasteiger charge is 2.49. The molecule has 2 aliphatic rings. The van der Waals surface area contributed by atoms with Gasteiger partial charge in [0.2, 0.25) is 35.4 Å². The summed E-state index contributed by atoms with van der Waals surface area (Å²) in [5.74, 6) is -0.0683. The molecular weight excluding hydrogens is 1590 g/mol. The van der Waals surface area contributed by atoms with Crippen molar-refractivity contribution in [3.8, 4) is 0 Å². The van der Waals surface area contributed by atoms with Gasteiger partial charge in [0, 0.05) is 84.7 Å². The third-order valence-corrected chi connectivity index (χ3v) is 19.6. The van der Waals surface area contributed by atoms with Gasteiger partial charge in [-0.2, -0.15) is 0 Å². The Morgan fingerprint density at radius 3 is 1.13 bits per heavy atom. The second-order valence-electron chi connectivity index (χ2n) is 22.8. The number of ether oxygens (including phenoxy) is 10. The summed E-state index contributed by atoms with van der Waals surface area (Å²) in [5, 5.41) is 16.2. The number of allylic oxidation sites excluding steroid dienone is 2. The van der Waals surface area contributed by atoms with Gasteiger partial charge < -0.3 is 84.2 Å². The Kier molecular flexibility index (Phi) is 46.0. The first-order chi connectivity index (χ1) is 48.9. The van der Waals surface area contributed by atoms with E-state index in [-0.39, 0.29) is 237 Å². The maximum atomic E-state index is 13.4. The zero-order valence-corrected chi connectivity index (χ0v) is 63.6. The number of fused-ring (bicyclic) bond motifs is 1. The van der Waals surface area contributed by atoms with Crippen LogP contribution in [-0.4, -0.2) is 243 Å². The molecule has 6 N–H and O–H groups in total. The third-order valence-electron chi connectivity index (χ3n) is 15.6. The summed E-state index contributed by atoms with van der Waals surface area (Å²) in [6, 6.07) is 0. The Bertz CT molecular complexity index is 3030. The molecule has 3 atom stereocenters. The molecule has 2 aromatic heterocycles. The predicted molar refractivity (Wildman–Crippen MR) is 385 cm³/mol.